The molecular formula is C34H40O10. The minimum absolute atomic E-state index is 0.0920. The van der Waals surface area contributed by atoms with Crippen LogP contribution in [0.5, 0.6) is 0 Å². The molecule has 2 aromatic rings. The van der Waals surface area contributed by atoms with E-state index < -0.39 is 46.5 Å². The third kappa shape index (κ3) is 6.93. The highest BCUT2D eigenvalue weighted by Crippen LogP contribution is 2.39. The largest absolute Gasteiger partial charge is 0.431 e. The quantitative estimate of drug-likeness (QED) is 0.0916. The van der Waals surface area contributed by atoms with Crippen LogP contribution in [0.3, 0.4) is 0 Å². The fourth-order valence-corrected chi connectivity index (χ4v) is 6.08. The van der Waals surface area contributed by atoms with Crippen LogP contribution in [0.25, 0.3) is 0 Å². The smallest absolute Gasteiger partial charge is 0.353 e. The molecule has 0 bridgehead atoms. The van der Waals surface area contributed by atoms with E-state index in [-0.39, 0.29) is 25.7 Å². The first kappa shape index (κ1) is 33.0. The minimum atomic E-state index is -1.96. The van der Waals surface area contributed by atoms with E-state index in [9.17, 15) is 29.4 Å². The van der Waals surface area contributed by atoms with Crippen LogP contribution in [0.2, 0.25) is 0 Å². The molecule has 4 rings (SSSR count). The Labute approximate surface area is 256 Å². The fraction of sp³-hybridized carbons (Fsp3) is 0.471. The topological polar surface area (TPSA) is 146 Å². The maximum Gasteiger partial charge on any atom is 0.353 e. The predicted molar refractivity (Wildman–Crippen MR) is 158 cm³/mol. The average molecular weight is 609 g/mol. The van der Waals surface area contributed by atoms with Gasteiger partial charge in [0.15, 0.2) is 17.8 Å². The van der Waals surface area contributed by atoms with E-state index in [0.29, 0.717) is 36.8 Å². The Bertz CT molecular complexity index is 1450. The van der Waals surface area contributed by atoms with E-state index in [1.54, 1.807) is 36.4 Å². The van der Waals surface area contributed by atoms with E-state index in [4.69, 9.17) is 9.62 Å². The van der Waals surface area contributed by atoms with Crippen LogP contribution in [0.15, 0.2) is 48.9 Å². The zero-order valence-corrected chi connectivity index (χ0v) is 25.6. The number of hydrogen-bond donors (Lipinski definition) is 2. The number of rotatable bonds is 10. The summed E-state index contributed by atoms with van der Waals surface area (Å²) in [6, 6.07) is 10.2. The molecule has 0 aromatic heterocycles. The number of carbonyl (C=O) groups excluding carboxylic acids is 4. The van der Waals surface area contributed by atoms with Gasteiger partial charge in [0.25, 0.3) is 0 Å². The maximum absolute atomic E-state index is 13.3. The number of Topliss-reactive ketones (excluding diaryl/α,β-unsaturated/α-hetero) is 2. The number of benzene rings is 2. The van der Waals surface area contributed by atoms with Crippen molar-refractivity contribution in [2.75, 3.05) is 0 Å². The summed E-state index contributed by atoms with van der Waals surface area (Å²) in [4.78, 5) is 61.6. The van der Waals surface area contributed by atoms with Crippen molar-refractivity contribution >= 4 is 23.5 Å². The molecule has 2 fully saturated rings. The van der Waals surface area contributed by atoms with Crippen molar-refractivity contribution in [2.45, 2.75) is 90.3 Å². The van der Waals surface area contributed by atoms with Gasteiger partial charge in [0.05, 0.1) is 11.8 Å². The maximum atomic E-state index is 13.3. The molecule has 2 aliphatic rings. The monoisotopic (exact) mass is 608 g/mol. The van der Waals surface area contributed by atoms with Crippen LogP contribution in [0.1, 0.15) is 94.3 Å². The SMILES string of the molecule is Cc1ccc(C(=O)C2(O)CCCCC2C(=O)OC=COOOC(=O)C2CCCCC2(O)C(=O)c2ccc(C)c(C)c2)cc1C. The van der Waals surface area contributed by atoms with Crippen LogP contribution >= 0.6 is 0 Å². The first-order valence-electron chi connectivity index (χ1n) is 15.0. The van der Waals surface area contributed by atoms with Crippen LogP contribution in [0.4, 0.5) is 0 Å². The number of ether oxygens (including phenoxy) is 1. The Morgan fingerprint density at radius 1 is 0.682 bits per heavy atom. The van der Waals surface area contributed by atoms with E-state index in [2.05, 4.69) is 9.93 Å². The van der Waals surface area contributed by atoms with Gasteiger partial charge in [-0.15, -0.1) is 0 Å². The van der Waals surface area contributed by atoms with E-state index in [0.717, 1.165) is 34.8 Å². The first-order chi connectivity index (χ1) is 20.9. The normalized spacial score (nSPS) is 25.3. The molecular weight excluding hydrogens is 568 g/mol. The Balaban J connectivity index is 1.31. The van der Waals surface area contributed by atoms with Crippen molar-refractivity contribution in [3.05, 3.63) is 82.3 Å². The predicted octanol–water partition coefficient (Wildman–Crippen LogP) is 5.25. The summed E-state index contributed by atoms with van der Waals surface area (Å²) in [6.45, 7) is 7.56. The van der Waals surface area contributed by atoms with E-state index in [1.165, 1.54) is 0 Å². The van der Waals surface area contributed by atoms with Gasteiger partial charge in [0.2, 0.25) is 0 Å². The lowest BCUT2D eigenvalue weighted by Crippen LogP contribution is -2.51. The highest BCUT2D eigenvalue weighted by Gasteiger charge is 2.51. The van der Waals surface area contributed by atoms with Gasteiger partial charge in [-0.25, -0.2) is 4.79 Å². The number of aliphatic hydroxyl groups is 2. The van der Waals surface area contributed by atoms with Crippen LogP contribution < -0.4 is 0 Å². The van der Waals surface area contributed by atoms with Gasteiger partial charge in [-0.3, -0.25) is 19.3 Å². The number of hydrogen-bond acceptors (Lipinski definition) is 10. The first-order valence-corrected chi connectivity index (χ1v) is 15.0. The molecule has 4 unspecified atom stereocenters. The van der Waals surface area contributed by atoms with E-state index in [1.807, 2.05) is 27.7 Å². The van der Waals surface area contributed by atoms with Crippen molar-refractivity contribution in [3.8, 4) is 0 Å². The second-order valence-corrected chi connectivity index (χ2v) is 12.0. The summed E-state index contributed by atoms with van der Waals surface area (Å²) in [6.07, 6.45) is 4.73. The van der Waals surface area contributed by atoms with Gasteiger partial charge in [-0.1, -0.05) is 49.9 Å². The molecule has 0 amide bonds. The van der Waals surface area contributed by atoms with E-state index >= 15 is 0 Å². The Morgan fingerprint density at radius 3 is 1.64 bits per heavy atom. The molecule has 4 atom stereocenters. The number of ketones is 2. The van der Waals surface area contributed by atoms with Crippen LogP contribution in [-0.4, -0.2) is 44.9 Å². The van der Waals surface area contributed by atoms with Gasteiger partial charge >= 0.3 is 11.9 Å². The summed E-state index contributed by atoms with van der Waals surface area (Å²) in [7, 11) is 0. The van der Waals surface area contributed by atoms with Gasteiger partial charge in [0.1, 0.15) is 17.5 Å². The highest BCUT2D eigenvalue weighted by molar-refractivity contribution is 6.05. The van der Waals surface area contributed by atoms with Crippen LogP contribution in [-0.2, 0) is 29.1 Å². The molecule has 2 N–H and O–H groups in total. The third-order valence-corrected chi connectivity index (χ3v) is 9.10. The Morgan fingerprint density at radius 2 is 1.16 bits per heavy atom. The summed E-state index contributed by atoms with van der Waals surface area (Å²) < 4.78 is 5.10. The highest BCUT2D eigenvalue weighted by atomic mass is 17.5. The number of esters is 1. The Hall–Kier alpha value is -3.86. The second kappa shape index (κ2) is 13.8. The molecule has 0 radical (unpaired) electrons. The summed E-state index contributed by atoms with van der Waals surface area (Å²) >= 11 is 0. The molecule has 2 aromatic carbocycles. The molecule has 0 aliphatic heterocycles. The number of aryl methyl sites for hydroxylation is 4. The van der Waals surface area contributed by atoms with Gasteiger partial charge in [0, 0.05) is 16.2 Å². The Kier molecular flexibility index (Phi) is 10.4. The summed E-state index contributed by atoms with van der Waals surface area (Å²) in [5.74, 6) is -5.16. The molecule has 236 valence electrons. The minimum Gasteiger partial charge on any atom is -0.431 e. The number of carbonyl (C=O) groups is 4. The summed E-state index contributed by atoms with van der Waals surface area (Å²) in [5, 5.41) is 27.2. The van der Waals surface area contributed by atoms with Gasteiger partial charge < -0.3 is 19.8 Å². The lowest BCUT2D eigenvalue weighted by atomic mass is 9.71. The second-order valence-electron chi connectivity index (χ2n) is 12.0. The molecule has 2 saturated carbocycles. The lowest BCUT2D eigenvalue weighted by molar-refractivity contribution is -0.464. The fourth-order valence-electron chi connectivity index (χ4n) is 6.08. The molecule has 0 spiro atoms. The average Bonchev–Trinajstić information content (AvgIpc) is 3.01. The van der Waals surface area contributed by atoms with Crippen LogP contribution in [0, 0.1) is 39.5 Å². The zero-order valence-electron chi connectivity index (χ0n) is 25.6. The standard InChI is InChI=1S/C34H40O10/c1-21-11-13-25(19-23(21)3)29(35)33(39)15-7-5-9-27(33)31(37)41-17-18-42-44-43-32(38)28-10-6-8-16-34(28,40)30(36)26-14-12-22(2)24(4)20-26/h11-14,17-20,27-28,39-40H,5-10,15-16H2,1-4H3. The molecule has 10 nitrogen and oxygen atoms in total. The van der Waals surface area contributed by atoms with Crippen molar-refractivity contribution in [3.63, 3.8) is 0 Å². The third-order valence-electron chi connectivity index (χ3n) is 9.10. The summed E-state index contributed by atoms with van der Waals surface area (Å²) in [5.41, 5.74) is 0.545. The molecule has 10 heteroatoms. The van der Waals surface area contributed by atoms with Gasteiger partial charge in [-0.2, -0.15) is 0 Å². The molecule has 0 heterocycles. The van der Waals surface area contributed by atoms with Gasteiger partial charge in [-0.05, 0) is 87.8 Å². The lowest BCUT2D eigenvalue weighted by Gasteiger charge is -2.36. The van der Waals surface area contributed by atoms with Crippen molar-refractivity contribution in [2.24, 2.45) is 11.8 Å². The van der Waals surface area contributed by atoms with Crippen molar-refractivity contribution < 1.29 is 48.9 Å². The molecule has 2 aliphatic carbocycles. The van der Waals surface area contributed by atoms with Crippen molar-refractivity contribution in [1.82, 2.24) is 0 Å². The molecule has 0 saturated heterocycles. The van der Waals surface area contributed by atoms with Crippen molar-refractivity contribution in [1.29, 1.82) is 0 Å². The molecule has 44 heavy (non-hydrogen) atoms. The zero-order chi connectivity index (χ0) is 32.1.